The fourth-order valence-electron chi connectivity index (χ4n) is 1.52. The summed E-state index contributed by atoms with van der Waals surface area (Å²) in [5.74, 6) is 0. The van der Waals surface area contributed by atoms with Crippen LogP contribution in [0.3, 0.4) is 0 Å². The van der Waals surface area contributed by atoms with Gasteiger partial charge in [0.05, 0.1) is 6.54 Å². The Labute approximate surface area is 89.8 Å². The van der Waals surface area contributed by atoms with Gasteiger partial charge in [-0.05, 0) is 27.3 Å². The van der Waals surface area contributed by atoms with E-state index in [0.29, 0.717) is 6.54 Å². The van der Waals surface area contributed by atoms with Crippen LogP contribution in [-0.2, 0) is 0 Å². The summed E-state index contributed by atoms with van der Waals surface area (Å²) in [6.45, 7) is 7.86. The normalized spacial score (nSPS) is 15.0. The Balaban J connectivity index is 4.25. The van der Waals surface area contributed by atoms with Crippen molar-refractivity contribution < 1.29 is 13.2 Å². The number of nitrogens with one attached hydrogen (secondary N) is 1. The number of nitrogens with zero attached hydrogens (tertiary/aromatic N) is 1. The molecule has 0 fully saturated rings. The lowest BCUT2D eigenvalue weighted by Gasteiger charge is -2.33. The zero-order valence-electron chi connectivity index (χ0n) is 9.86. The SMILES string of the molecule is CCNCC(C)N(CC(F)(F)F)C(C)C. The van der Waals surface area contributed by atoms with Gasteiger partial charge in [-0.3, -0.25) is 4.90 Å². The molecule has 0 radical (unpaired) electrons. The predicted molar refractivity (Wildman–Crippen MR) is 55.9 cm³/mol. The topological polar surface area (TPSA) is 15.3 Å². The fourth-order valence-corrected chi connectivity index (χ4v) is 1.52. The molecule has 1 N–H and O–H groups in total. The number of likely N-dealkylation sites (N-methyl/N-ethyl adjacent to an activating group) is 1. The van der Waals surface area contributed by atoms with Gasteiger partial charge in [0.1, 0.15) is 0 Å². The minimum Gasteiger partial charge on any atom is -0.315 e. The first-order chi connectivity index (χ1) is 6.78. The monoisotopic (exact) mass is 226 g/mol. The number of hydrogen-bond donors (Lipinski definition) is 1. The minimum atomic E-state index is -4.12. The Morgan fingerprint density at radius 3 is 2.07 bits per heavy atom. The van der Waals surface area contributed by atoms with Crippen molar-refractivity contribution in [2.75, 3.05) is 19.6 Å². The van der Waals surface area contributed by atoms with Crippen molar-refractivity contribution in [3.63, 3.8) is 0 Å². The van der Waals surface area contributed by atoms with Gasteiger partial charge in [0.25, 0.3) is 0 Å². The zero-order valence-corrected chi connectivity index (χ0v) is 9.86. The van der Waals surface area contributed by atoms with Crippen LogP contribution in [0.25, 0.3) is 0 Å². The van der Waals surface area contributed by atoms with E-state index in [1.807, 2.05) is 13.8 Å². The molecule has 0 aliphatic rings. The third-order valence-electron chi connectivity index (χ3n) is 2.28. The molecule has 0 saturated heterocycles. The second-order valence-corrected chi connectivity index (χ2v) is 4.04. The number of halogens is 3. The minimum absolute atomic E-state index is 0.0970. The lowest BCUT2D eigenvalue weighted by atomic mass is 10.2. The number of hydrogen-bond acceptors (Lipinski definition) is 2. The molecule has 2 nitrogen and oxygen atoms in total. The van der Waals surface area contributed by atoms with Crippen LogP contribution in [0.15, 0.2) is 0 Å². The standard InChI is InChI=1S/C10H21F3N2/c1-5-14-6-9(4)15(8(2)3)7-10(11,12)13/h8-9,14H,5-7H2,1-4H3. The van der Waals surface area contributed by atoms with E-state index in [-0.39, 0.29) is 12.1 Å². The first kappa shape index (κ1) is 14.7. The largest absolute Gasteiger partial charge is 0.401 e. The third-order valence-corrected chi connectivity index (χ3v) is 2.28. The summed E-state index contributed by atoms with van der Waals surface area (Å²) in [5, 5.41) is 3.06. The van der Waals surface area contributed by atoms with Gasteiger partial charge in [-0.25, -0.2) is 0 Å². The van der Waals surface area contributed by atoms with Crippen LogP contribution >= 0.6 is 0 Å². The van der Waals surface area contributed by atoms with Crippen LogP contribution in [0.2, 0.25) is 0 Å². The molecule has 0 bridgehead atoms. The lowest BCUT2D eigenvalue weighted by Crippen LogP contribution is -2.48. The Morgan fingerprint density at radius 2 is 1.73 bits per heavy atom. The molecule has 0 heterocycles. The molecule has 0 aromatic heterocycles. The molecule has 15 heavy (non-hydrogen) atoms. The summed E-state index contributed by atoms with van der Waals surface area (Å²) in [6, 6.07) is -0.202. The highest BCUT2D eigenvalue weighted by molar-refractivity contribution is 4.75. The molecule has 0 saturated carbocycles. The summed E-state index contributed by atoms with van der Waals surface area (Å²) in [6.07, 6.45) is -4.12. The molecule has 0 aromatic carbocycles. The van der Waals surface area contributed by atoms with Gasteiger partial charge in [0.2, 0.25) is 0 Å². The summed E-state index contributed by atoms with van der Waals surface area (Å²) >= 11 is 0. The lowest BCUT2D eigenvalue weighted by molar-refractivity contribution is -0.154. The van der Waals surface area contributed by atoms with Crippen molar-refractivity contribution in [3.8, 4) is 0 Å². The first-order valence-corrected chi connectivity index (χ1v) is 5.31. The van der Waals surface area contributed by atoms with Crippen LogP contribution in [0.5, 0.6) is 0 Å². The average Bonchev–Trinajstić information content (AvgIpc) is 2.08. The van der Waals surface area contributed by atoms with E-state index in [4.69, 9.17) is 0 Å². The maximum Gasteiger partial charge on any atom is 0.401 e. The zero-order chi connectivity index (χ0) is 12.1. The smallest absolute Gasteiger partial charge is 0.315 e. The molecular weight excluding hydrogens is 205 g/mol. The molecule has 92 valence electrons. The van der Waals surface area contributed by atoms with Gasteiger partial charge in [-0.1, -0.05) is 6.92 Å². The van der Waals surface area contributed by atoms with E-state index in [9.17, 15) is 13.2 Å². The fraction of sp³-hybridized carbons (Fsp3) is 1.00. The molecule has 1 atom stereocenters. The average molecular weight is 226 g/mol. The van der Waals surface area contributed by atoms with E-state index in [2.05, 4.69) is 5.32 Å². The van der Waals surface area contributed by atoms with Crippen molar-refractivity contribution >= 4 is 0 Å². The molecule has 0 spiro atoms. The Morgan fingerprint density at radius 1 is 1.20 bits per heavy atom. The highest BCUT2D eigenvalue weighted by Gasteiger charge is 2.33. The Bertz CT molecular complexity index is 169. The van der Waals surface area contributed by atoms with Gasteiger partial charge in [0, 0.05) is 18.6 Å². The predicted octanol–water partition coefficient (Wildman–Crippen LogP) is 2.26. The maximum absolute atomic E-state index is 12.3. The summed E-state index contributed by atoms with van der Waals surface area (Å²) in [7, 11) is 0. The Hall–Kier alpha value is -0.290. The van der Waals surface area contributed by atoms with Gasteiger partial charge < -0.3 is 5.32 Å². The second kappa shape index (κ2) is 6.33. The summed E-state index contributed by atoms with van der Waals surface area (Å²) in [4.78, 5) is 1.46. The van der Waals surface area contributed by atoms with Crippen molar-refractivity contribution in [1.82, 2.24) is 10.2 Å². The van der Waals surface area contributed by atoms with Crippen LogP contribution in [0.1, 0.15) is 27.7 Å². The van der Waals surface area contributed by atoms with Gasteiger partial charge in [-0.2, -0.15) is 13.2 Å². The molecule has 0 amide bonds. The third kappa shape index (κ3) is 6.73. The van der Waals surface area contributed by atoms with Crippen molar-refractivity contribution in [1.29, 1.82) is 0 Å². The highest BCUT2D eigenvalue weighted by Crippen LogP contribution is 2.19. The van der Waals surface area contributed by atoms with E-state index in [1.165, 1.54) is 4.90 Å². The first-order valence-electron chi connectivity index (χ1n) is 5.31. The van der Waals surface area contributed by atoms with Crippen LogP contribution < -0.4 is 5.32 Å². The van der Waals surface area contributed by atoms with Gasteiger partial charge >= 0.3 is 6.18 Å². The van der Waals surface area contributed by atoms with Crippen molar-refractivity contribution in [2.24, 2.45) is 0 Å². The van der Waals surface area contributed by atoms with E-state index in [1.54, 1.807) is 13.8 Å². The van der Waals surface area contributed by atoms with E-state index >= 15 is 0 Å². The van der Waals surface area contributed by atoms with E-state index in [0.717, 1.165) is 6.54 Å². The van der Waals surface area contributed by atoms with Crippen molar-refractivity contribution in [2.45, 2.75) is 46.0 Å². The second-order valence-electron chi connectivity index (χ2n) is 4.04. The molecule has 1 unspecified atom stereocenters. The quantitative estimate of drug-likeness (QED) is 0.747. The summed E-state index contributed by atoms with van der Waals surface area (Å²) in [5.41, 5.74) is 0. The van der Waals surface area contributed by atoms with Gasteiger partial charge in [-0.15, -0.1) is 0 Å². The van der Waals surface area contributed by atoms with Crippen LogP contribution in [-0.4, -0.2) is 42.8 Å². The molecular formula is C10H21F3N2. The molecule has 0 aliphatic heterocycles. The molecule has 0 aromatic rings. The van der Waals surface area contributed by atoms with E-state index < -0.39 is 12.7 Å². The number of rotatable bonds is 6. The van der Waals surface area contributed by atoms with Crippen LogP contribution in [0, 0.1) is 0 Å². The van der Waals surface area contributed by atoms with Gasteiger partial charge in [0.15, 0.2) is 0 Å². The maximum atomic E-state index is 12.3. The molecule has 0 rings (SSSR count). The Kier molecular flexibility index (Phi) is 6.20. The van der Waals surface area contributed by atoms with Crippen molar-refractivity contribution in [3.05, 3.63) is 0 Å². The highest BCUT2D eigenvalue weighted by atomic mass is 19.4. The number of alkyl halides is 3. The molecule has 0 aliphatic carbocycles. The molecule has 5 heteroatoms. The van der Waals surface area contributed by atoms with Crippen LogP contribution in [0.4, 0.5) is 13.2 Å². The summed E-state index contributed by atoms with van der Waals surface area (Å²) < 4.78 is 36.9.